The number of halogens is 1. The predicted octanol–water partition coefficient (Wildman–Crippen LogP) is 3.29. The van der Waals surface area contributed by atoms with Crippen LogP contribution in [-0.2, 0) is 17.9 Å². The molecular weight excluding hydrogens is 468 g/mol. The van der Waals surface area contributed by atoms with E-state index in [2.05, 4.69) is 44.1 Å². The Bertz CT molecular complexity index is 1300. The van der Waals surface area contributed by atoms with E-state index in [0.717, 1.165) is 29.1 Å². The summed E-state index contributed by atoms with van der Waals surface area (Å²) in [6.45, 7) is 9.79. The number of carbonyl (C=O) groups is 1. The number of aromatic amines is 1. The fraction of sp³-hybridized carbons (Fsp3) is 0.375. The molecule has 1 aliphatic heterocycles. The zero-order valence-electron chi connectivity index (χ0n) is 20.4. The molecule has 0 unspecified atom stereocenters. The van der Waals surface area contributed by atoms with Gasteiger partial charge < -0.3 is 20.8 Å². The van der Waals surface area contributed by atoms with Crippen molar-refractivity contribution in [2.75, 3.05) is 24.3 Å². The number of anilines is 2. The number of methoxy groups -OCH3 is 1. The zero-order chi connectivity index (χ0) is 25.3. The third kappa shape index (κ3) is 4.98. The highest BCUT2D eigenvalue weighted by Crippen LogP contribution is 2.41. The van der Waals surface area contributed by atoms with Crippen molar-refractivity contribution in [2.24, 2.45) is 5.92 Å². The van der Waals surface area contributed by atoms with E-state index in [4.69, 9.17) is 22.1 Å². The number of nitrogens with two attached hydrogens (primary N) is 1. The largest absolute Gasteiger partial charge is 0.496 e. The molecule has 0 saturated heterocycles. The summed E-state index contributed by atoms with van der Waals surface area (Å²) >= 11 is 6.45. The molecule has 0 spiro atoms. The van der Waals surface area contributed by atoms with E-state index in [-0.39, 0.29) is 23.6 Å². The quantitative estimate of drug-likeness (QED) is 0.319. The van der Waals surface area contributed by atoms with E-state index in [1.165, 1.54) is 4.90 Å². The lowest BCUT2D eigenvalue weighted by molar-refractivity contribution is -0.113. The fourth-order valence-corrected chi connectivity index (χ4v) is 4.31. The maximum atomic E-state index is 13.6. The Balaban J connectivity index is 1.69. The Morgan fingerprint density at radius 3 is 2.77 bits per heavy atom. The molecule has 10 nitrogen and oxygen atoms in total. The third-order valence-corrected chi connectivity index (χ3v) is 5.99. The van der Waals surface area contributed by atoms with Gasteiger partial charge in [0.2, 0.25) is 5.95 Å². The van der Waals surface area contributed by atoms with E-state index in [1.54, 1.807) is 19.4 Å². The summed E-state index contributed by atoms with van der Waals surface area (Å²) in [6.07, 6.45) is 5.19. The molecule has 0 radical (unpaired) electrons. The topological polar surface area (TPSA) is 135 Å². The third-order valence-electron chi connectivity index (χ3n) is 5.71. The van der Waals surface area contributed by atoms with Crippen molar-refractivity contribution in [2.45, 2.75) is 40.8 Å². The molecule has 4 N–H and O–H groups in total. The van der Waals surface area contributed by atoms with Gasteiger partial charge in [-0.05, 0) is 32.4 Å². The Labute approximate surface area is 209 Å². The van der Waals surface area contributed by atoms with Gasteiger partial charge in [0, 0.05) is 30.1 Å². The second-order valence-corrected chi connectivity index (χ2v) is 9.23. The second kappa shape index (κ2) is 10.0. The SMILES string of the molecule is COc1c(C)cnc(CN2C(=O)/C(=C\c3nc(CNCC(C)C)c[nH]3)c3c(Cl)nc(N)nc32)c1C. The van der Waals surface area contributed by atoms with Crippen molar-refractivity contribution < 1.29 is 9.53 Å². The number of fused-ring (bicyclic) bond motifs is 1. The Morgan fingerprint density at radius 2 is 2.06 bits per heavy atom. The van der Waals surface area contributed by atoms with Crippen molar-refractivity contribution in [3.63, 3.8) is 0 Å². The van der Waals surface area contributed by atoms with Gasteiger partial charge in [0.25, 0.3) is 5.91 Å². The summed E-state index contributed by atoms with van der Waals surface area (Å²) in [7, 11) is 1.61. The zero-order valence-corrected chi connectivity index (χ0v) is 21.2. The Kier molecular flexibility index (Phi) is 7.04. The first-order valence-electron chi connectivity index (χ1n) is 11.3. The van der Waals surface area contributed by atoms with Crippen LogP contribution < -0.4 is 20.7 Å². The summed E-state index contributed by atoms with van der Waals surface area (Å²) < 4.78 is 5.52. The van der Waals surface area contributed by atoms with Gasteiger partial charge in [0.1, 0.15) is 16.7 Å². The van der Waals surface area contributed by atoms with Crippen molar-refractivity contribution in [3.8, 4) is 5.75 Å². The average Bonchev–Trinajstić information content (AvgIpc) is 3.33. The molecule has 0 saturated carbocycles. The number of imidazole rings is 1. The minimum absolute atomic E-state index is 0.0181. The average molecular weight is 497 g/mol. The first kappa shape index (κ1) is 24.6. The summed E-state index contributed by atoms with van der Waals surface area (Å²) in [5.41, 5.74) is 9.89. The van der Waals surface area contributed by atoms with Crippen LogP contribution in [0.4, 0.5) is 11.8 Å². The van der Waals surface area contributed by atoms with Crippen LogP contribution in [0, 0.1) is 19.8 Å². The highest BCUT2D eigenvalue weighted by molar-refractivity contribution is 6.41. The first-order valence-corrected chi connectivity index (χ1v) is 11.7. The van der Waals surface area contributed by atoms with Crippen LogP contribution in [0.1, 0.15) is 47.8 Å². The van der Waals surface area contributed by atoms with Gasteiger partial charge in [0.05, 0.1) is 36.2 Å². The smallest absolute Gasteiger partial charge is 0.260 e. The normalized spacial score (nSPS) is 14.3. The molecule has 11 heteroatoms. The van der Waals surface area contributed by atoms with Crippen LogP contribution >= 0.6 is 11.6 Å². The van der Waals surface area contributed by atoms with Gasteiger partial charge in [-0.1, -0.05) is 25.4 Å². The number of H-pyrrole nitrogens is 1. The van der Waals surface area contributed by atoms with Gasteiger partial charge in [-0.15, -0.1) is 0 Å². The molecular formula is C24H29ClN8O2. The predicted molar refractivity (Wildman–Crippen MR) is 136 cm³/mol. The molecule has 0 atom stereocenters. The molecule has 0 fully saturated rings. The van der Waals surface area contributed by atoms with Gasteiger partial charge in [-0.3, -0.25) is 14.7 Å². The lowest BCUT2D eigenvalue weighted by atomic mass is 10.1. The van der Waals surface area contributed by atoms with Crippen LogP contribution in [0.3, 0.4) is 0 Å². The van der Waals surface area contributed by atoms with E-state index >= 15 is 0 Å². The van der Waals surface area contributed by atoms with E-state index in [1.807, 2.05) is 20.0 Å². The molecule has 0 bridgehead atoms. The van der Waals surface area contributed by atoms with E-state index < -0.39 is 0 Å². The molecule has 0 aromatic carbocycles. The van der Waals surface area contributed by atoms with E-state index in [9.17, 15) is 4.79 Å². The number of amides is 1. The van der Waals surface area contributed by atoms with Crippen molar-refractivity contribution >= 4 is 40.9 Å². The van der Waals surface area contributed by atoms with Crippen LogP contribution in [0.25, 0.3) is 11.6 Å². The van der Waals surface area contributed by atoms with Crippen LogP contribution in [0.2, 0.25) is 5.15 Å². The summed E-state index contributed by atoms with van der Waals surface area (Å²) in [5, 5.41) is 3.45. The number of rotatable bonds is 8. The van der Waals surface area contributed by atoms with Crippen molar-refractivity contribution in [1.82, 2.24) is 30.2 Å². The molecule has 35 heavy (non-hydrogen) atoms. The molecule has 0 aliphatic carbocycles. The van der Waals surface area contributed by atoms with Crippen molar-refractivity contribution in [1.29, 1.82) is 0 Å². The highest BCUT2D eigenvalue weighted by Gasteiger charge is 2.37. The standard InChI is InChI=1S/C24H29ClN8O2/c1-12(2)7-27-9-15-10-29-18(30-15)6-16-19-21(25)31-24(26)32-22(19)33(23(16)34)11-17-14(4)20(35-5)13(3)8-28-17/h6,8,10,12,27H,7,9,11H2,1-5H3,(H,29,30)(H2,26,31,32)/b16-6-. The Hall–Kier alpha value is -3.50. The molecule has 4 heterocycles. The number of nitrogens with zero attached hydrogens (tertiary/aromatic N) is 5. The van der Waals surface area contributed by atoms with Crippen LogP contribution in [0.5, 0.6) is 5.75 Å². The maximum Gasteiger partial charge on any atom is 0.260 e. The number of ether oxygens (including phenoxy) is 1. The molecule has 3 aromatic heterocycles. The monoisotopic (exact) mass is 496 g/mol. The number of pyridine rings is 1. The molecule has 184 valence electrons. The molecule has 4 rings (SSSR count). The summed E-state index contributed by atoms with van der Waals surface area (Å²) in [4.78, 5) is 35.7. The lowest BCUT2D eigenvalue weighted by Crippen LogP contribution is -2.27. The van der Waals surface area contributed by atoms with Crippen LogP contribution in [-0.4, -0.2) is 44.5 Å². The van der Waals surface area contributed by atoms with Crippen molar-refractivity contribution in [3.05, 3.63) is 51.4 Å². The van der Waals surface area contributed by atoms with Gasteiger partial charge in [-0.2, -0.15) is 4.98 Å². The van der Waals surface area contributed by atoms with Gasteiger partial charge in [-0.25, -0.2) is 9.97 Å². The number of aromatic nitrogens is 5. The first-order chi connectivity index (χ1) is 16.7. The minimum atomic E-state index is -0.293. The minimum Gasteiger partial charge on any atom is -0.496 e. The molecule has 1 amide bonds. The Morgan fingerprint density at radius 1 is 1.29 bits per heavy atom. The maximum absolute atomic E-state index is 13.6. The number of hydrogen-bond acceptors (Lipinski definition) is 8. The number of nitrogens with one attached hydrogen (secondary N) is 2. The van der Waals surface area contributed by atoms with Crippen LogP contribution in [0.15, 0.2) is 12.4 Å². The van der Waals surface area contributed by atoms with Gasteiger partial charge in [0.15, 0.2) is 5.82 Å². The number of aryl methyl sites for hydroxylation is 1. The number of carbonyl (C=O) groups excluding carboxylic acids is 1. The van der Waals surface area contributed by atoms with Gasteiger partial charge >= 0.3 is 0 Å². The molecule has 1 aliphatic rings. The summed E-state index contributed by atoms with van der Waals surface area (Å²) in [5.74, 6) is 1.82. The lowest BCUT2D eigenvalue weighted by Gasteiger charge is -2.19. The number of nitrogen functional groups attached to an aromatic ring is 1. The number of hydrogen-bond donors (Lipinski definition) is 3. The second-order valence-electron chi connectivity index (χ2n) is 8.87. The summed E-state index contributed by atoms with van der Waals surface area (Å²) in [6, 6.07) is 0. The highest BCUT2D eigenvalue weighted by atomic mass is 35.5. The van der Waals surface area contributed by atoms with E-state index in [0.29, 0.717) is 40.9 Å². The molecule has 3 aromatic rings. The fourth-order valence-electron chi connectivity index (χ4n) is 4.04.